The maximum absolute atomic E-state index is 12.1. The Hall–Kier alpha value is -1.03. The van der Waals surface area contributed by atoms with Crippen molar-refractivity contribution in [1.29, 1.82) is 0 Å². The number of rotatable bonds is 1. The Kier molecular flexibility index (Phi) is 4.64. The first-order valence-electron chi connectivity index (χ1n) is 6.49. The number of nitrogens with one attached hydrogen (secondary N) is 1. The summed E-state index contributed by atoms with van der Waals surface area (Å²) in [4.78, 5) is 14.0. The van der Waals surface area contributed by atoms with E-state index in [1.807, 2.05) is 30.0 Å². The molecule has 0 atom stereocenters. The van der Waals surface area contributed by atoms with Gasteiger partial charge in [-0.1, -0.05) is 28.8 Å². The van der Waals surface area contributed by atoms with Crippen molar-refractivity contribution in [3.63, 3.8) is 0 Å². The normalized spacial score (nSPS) is 16.2. The summed E-state index contributed by atoms with van der Waals surface area (Å²) in [6.45, 7) is 3.77. The quantitative estimate of drug-likeness (QED) is 0.829. The maximum Gasteiger partial charge on any atom is 0.321 e. The van der Waals surface area contributed by atoms with Crippen LogP contribution < -0.4 is 5.32 Å². The number of hydrogen-bond acceptors (Lipinski definition) is 1. The lowest BCUT2D eigenvalue weighted by Gasteiger charge is -2.21. The minimum Gasteiger partial charge on any atom is -0.325 e. The number of amides is 2. The fraction of sp³-hybridized carbons (Fsp3) is 0.500. The highest BCUT2D eigenvalue weighted by atomic mass is 79.9. The van der Waals surface area contributed by atoms with Gasteiger partial charge in [0.2, 0.25) is 0 Å². The summed E-state index contributed by atoms with van der Waals surface area (Å²) in [5.41, 5.74) is 1.99. The molecule has 1 saturated heterocycles. The largest absolute Gasteiger partial charge is 0.325 e. The van der Waals surface area contributed by atoms with Crippen LogP contribution in [0.3, 0.4) is 0 Å². The Bertz CT molecular complexity index is 426. The third-order valence-electron chi connectivity index (χ3n) is 3.30. The number of nitrogens with zero attached hydrogens (tertiary/aromatic N) is 1. The van der Waals surface area contributed by atoms with E-state index in [-0.39, 0.29) is 6.03 Å². The molecular weight excluding hydrogens is 292 g/mol. The van der Waals surface area contributed by atoms with Gasteiger partial charge in [-0.3, -0.25) is 0 Å². The molecule has 98 valence electrons. The van der Waals surface area contributed by atoms with Gasteiger partial charge in [-0.2, -0.15) is 0 Å². The van der Waals surface area contributed by atoms with Gasteiger partial charge in [0.15, 0.2) is 0 Å². The van der Waals surface area contributed by atoms with Gasteiger partial charge >= 0.3 is 6.03 Å². The molecule has 0 radical (unpaired) electrons. The number of benzene rings is 1. The molecule has 0 spiro atoms. The van der Waals surface area contributed by atoms with Crippen LogP contribution in [0.4, 0.5) is 10.5 Å². The minimum absolute atomic E-state index is 0.0265. The van der Waals surface area contributed by atoms with Gasteiger partial charge in [-0.25, -0.2) is 4.79 Å². The molecule has 0 aliphatic carbocycles. The highest BCUT2D eigenvalue weighted by molar-refractivity contribution is 9.10. The van der Waals surface area contributed by atoms with Gasteiger partial charge in [-0.05, 0) is 43.5 Å². The van der Waals surface area contributed by atoms with Crippen LogP contribution in [0, 0.1) is 6.92 Å². The minimum atomic E-state index is 0.0265. The van der Waals surface area contributed by atoms with E-state index >= 15 is 0 Å². The van der Waals surface area contributed by atoms with Crippen LogP contribution in [0.15, 0.2) is 22.7 Å². The number of halogens is 1. The van der Waals surface area contributed by atoms with Crippen LogP contribution in [0.5, 0.6) is 0 Å². The van der Waals surface area contributed by atoms with Crippen LogP contribution in [-0.2, 0) is 0 Å². The molecule has 0 unspecified atom stereocenters. The second-order valence-electron chi connectivity index (χ2n) is 4.80. The van der Waals surface area contributed by atoms with Crippen molar-refractivity contribution in [3.05, 3.63) is 28.2 Å². The van der Waals surface area contributed by atoms with Gasteiger partial charge in [0.25, 0.3) is 0 Å². The van der Waals surface area contributed by atoms with Crippen molar-refractivity contribution in [2.45, 2.75) is 32.6 Å². The lowest BCUT2D eigenvalue weighted by Crippen LogP contribution is -2.35. The first-order chi connectivity index (χ1) is 8.66. The smallest absolute Gasteiger partial charge is 0.321 e. The second kappa shape index (κ2) is 6.23. The molecule has 0 aromatic heterocycles. The molecule has 18 heavy (non-hydrogen) atoms. The summed E-state index contributed by atoms with van der Waals surface area (Å²) in [5.74, 6) is 0. The van der Waals surface area contributed by atoms with Crippen molar-refractivity contribution in [2.24, 2.45) is 0 Å². The standard InChI is InChI=1S/C14H19BrN2O/c1-11-10-12(6-7-13(11)15)16-14(18)17-8-4-2-3-5-9-17/h6-7,10H,2-5,8-9H2,1H3,(H,16,18). The van der Waals surface area contributed by atoms with E-state index in [1.54, 1.807) is 0 Å². The monoisotopic (exact) mass is 310 g/mol. The summed E-state index contributed by atoms with van der Waals surface area (Å²) in [7, 11) is 0. The molecule has 1 heterocycles. The second-order valence-corrected chi connectivity index (χ2v) is 5.65. The predicted octanol–water partition coefficient (Wildman–Crippen LogP) is 4.17. The van der Waals surface area contributed by atoms with Crippen LogP contribution in [0.1, 0.15) is 31.2 Å². The zero-order valence-corrected chi connectivity index (χ0v) is 12.3. The Balaban J connectivity index is 1.99. The van der Waals surface area contributed by atoms with E-state index in [1.165, 1.54) is 12.8 Å². The summed E-state index contributed by atoms with van der Waals surface area (Å²) in [6, 6.07) is 5.90. The molecule has 1 aromatic carbocycles. The summed E-state index contributed by atoms with van der Waals surface area (Å²) >= 11 is 3.46. The Morgan fingerprint density at radius 2 is 1.89 bits per heavy atom. The van der Waals surface area contributed by atoms with Gasteiger partial charge in [0.05, 0.1) is 0 Å². The highest BCUT2D eigenvalue weighted by Crippen LogP contribution is 2.20. The lowest BCUT2D eigenvalue weighted by atomic mass is 10.2. The van der Waals surface area contributed by atoms with E-state index in [2.05, 4.69) is 21.2 Å². The van der Waals surface area contributed by atoms with E-state index in [0.29, 0.717) is 0 Å². The van der Waals surface area contributed by atoms with Crippen molar-refractivity contribution in [2.75, 3.05) is 18.4 Å². The highest BCUT2D eigenvalue weighted by Gasteiger charge is 2.15. The van der Waals surface area contributed by atoms with E-state index < -0.39 is 0 Å². The first-order valence-corrected chi connectivity index (χ1v) is 7.28. The summed E-state index contributed by atoms with van der Waals surface area (Å²) in [6.07, 6.45) is 4.71. The van der Waals surface area contributed by atoms with Crippen LogP contribution in [-0.4, -0.2) is 24.0 Å². The topological polar surface area (TPSA) is 32.3 Å². The van der Waals surface area contributed by atoms with Gasteiger partial charge < -0.3 is 10.2 Å². The van der Waals surface area contributed by atoms with Gasteiger partial charge in [0, 0.05) is 23.2 Å². The zero-order valence-electron chi connectivity index (χ0n) is 10.7. The van der Waals surface area contributed by atoms with Crippen LogP contribution >= 0.6 is 15.9 Å². The third-order valence-corrected chi connectivity index (χ3v) is 4.19. The average molecular weight is 311 g/mol. The maximum atomic E-state index is 12.1. The van der Waals surface area contributed by atoms with Crippen LogP contribution in [0.25, 0.3) is 0 Å². The van der Waals surface area contributed by atoms with Crippen LogP contribution in [0.2, 0.25) is 0 Å². The Morgan fingerprint density at radius 3 is 2.50 bits per heavy atom. The first kappa shape index (κ1) is 13.4. The molecule has 0 bridgehead atoms. The zero-order chi connectivity index (χ0) is 13.0. The molecule has 2 rings (SSSR count). The molecule has 0 saturated carbocycles. The fourth-order valence-corrected chi connectivity index (χ4v) is 2.45. The molecule has 4 heteroatoms. The molecule has 2 amide bonds. The number of urea groups is 1. The number of carbonyl (C=O) groups excluding carboxylic acids is 1. The number of anilines is 1. The third kappa shape index (κ3) is 3.48. The van der Waals surface area contributed by atoms with Gasteiger partial charge in [-0.15, -0.1) is 0 Å². The lowest BCUT2D eigenvalue weighted by molar-refractivity contribution is 0.214. The summed E-state index contributed by atoms with van der Waals surface area (Å²) in [5, 5.41) is 2.97. The Morgan fingerprint density at radius 1 is 1.22 bits per heavy atom. The number of hydrogen-bond donors (Lipinski definition) is 1. The van der Waals surface area contributed by atoms with E-state index in [0.717, 1.165) is 41.7 Å². The van der Waals surface area contributed by atoms with Crippen molar-refractivity contribution in [3.8, 4) is 0 Å². The molecular formula is C14H19BrN2O. The summed E-state index contributed by atoms with van der Waals surface area (Å²) < 4.78 is 1.07. The molecule has 1 aliphatic heterocycles. The average Bonchev–Trinajstić information content (AvgIpc) is 2.62. The number of carbonyl (C=O) groups is 1. The number of aryl methyl sites for hydroxylation is 1. The van der Waals surface area contributed by atoms with Crippen molar-refractivity contribution >= 4 is 27.6 Å². The molecule has 1 aliphatic rings. The molecule has 3 nitrogen and oxygen atoms in total. The Labute approximate surface area is 117 Å². The van der Waals surface area contributed by atoms with E-state index in [4.69, 9.17) is 0 Å². The fourth-order valence-electron chi connectivity index (χ4n) is 2.20. The SMILES string of the molecule is Cc1cc(NC(=O)N2CCCCCC2)ccc1Br. The van der Waals surface area contributed by atoms with E-state index in [9.17, 15) is 4.79 Å². The van der Waals surface area contributed by atoms with Crippen molar-refractivity contribution < 1.29 is 4.79 Å². The molecule has 1 N–H and O–H groups in total. The van der Waals surface area contributed by atoms with Crippen molar-refractivity contribution in [1.82, 2.24) is 4.90 Å². The molecule has 1 aromatic rings. The molecule has 1 fully saturated rings. The van der Waals surface area contributed by atoms with Gasteiger partial charge in [0.1, 0.15) is 0 Å². The number of likely N-dealkylation sites (tertiary alicyclic amines) is 1. The predicted molar refractivity (Wildman–Crippen MR) is 77.9 cm³/mol.